The second kappa shape index (κ2) is 9.20. The molecule has 7 nitrogen and oxygen atoms in total. The predicted molar refractivity (Wildman–Crippen MR) is 156 cm³/mol. The van der Waals surface area contributed by atoms with Crippen molar-refractivity contribution in [2.24, 2.45) is 5.73 Å². The first-order valence-electron chi connectivity index (χ1n) is 13.5. The Morgan fingerprint density at radius 1 is 1.02 bits per heavy atom. The molecule has 1 aliphatic carbocycles. The van der Waals surface area contributed by atoms with E-state index in [2.05, 4.69) is 33.1 Å². The summed E-state index contributed by atoms with van der Waals surface area (Å²) in [6.45, 7) is 0.348. The lowest BCUT2D eigenvalue weighted by molar-refractivity contribution is 0.0614. The Morgan fingerprint density at radius 2 is 1.82 bits per heavy atom. The highest BCUT2D eigenvalue weighted by Crippen LogP contribution is 2.39. The number of carbonyl (C=O) groups is 1. The van der Waals surface area contributed by atoms with Crippen LogP contribution in [0.4, 0.5) is 10.1 Å². The van der Waals surface area contributed by atoms with Gasteiger partial charge in [-0.05, 0) is 55.3 Å². The average molecular weight is 534 g/mol. The van der Waals surface area contributed by atoms with Crippen LogP contribution in [0.25, 0.3) is 49.9 Å². The van der Waals surface area contributed by atoms with Gasteiger partial charge in [0.1, 0.15) is 11.6 Å². The van der Waals surface area contributed by atoms with Crippen molar-refractivity contribution in [3.63, 3.8) is 0 Å². The molecule has 1 fully saturated rings. The number of rotatable bonds is 6. The van der Waals surface area contributed by atoms with Crippen molar-refractivity contribution < 1.29 is 14.3 Å². The molecule has 1 saturated carbocycles. The minimum absolute atomic E-state index is 0.329. The van der Waals surface area contributed by atoms with E-state index in [-0.39, 0.29) is 5.82 Å². The van der Waals surface area contributed by atoms with Crippen molar-refractivity contribution in [1.29, 1.82) is 0 Å². The zero-order valence-corrected chi connectivity index (χ0v) is 21.7. The Balaban J connectivity index is 1.41. The minimum Gasteiger partial charge on any atom is -0.388 e. The third kappa shape index (κ3) is 3.99. The molecule has 0 saturated heterocycles. The Kier molecular flexibility index (Phi) is 5.61. The van der Waals surface area contributed by atoms with Crippen LogP contribution in [0.1, 0.15) is 36.0 Å². The number of H-pyrrole nitrogens is 1. The lowest BCUT2D eigenvalue weighted by Crippen LogP contribution is -2.34. The fourth-order valence-corrected chi connectivity index (χ4v) is 6.10. The molecule has 2 aromatic heterocycles. The number of benzene rings is 4. The summed E-state index contributed by atoms with van der Waals surface area (Å²) in [6, 6.07) is 24.3. The van der Waals surface area contributed by atoms with Gasteiger partial charge in [-0.15, -0.1) is 0 Å². The first kappa shape index (κ1) is 24.4. The third-order valence-corrected chi connectivity index (χ3v) is 8.07. The number of aromatic amines is 1. The van der Waals surface area contributed by atoms with Gasteiger partial charge in [-0.25, -0.2) is 9.37 Å². The molecule has 1 amide bonds. The molecule has 0 spiro atoms. The van der Waals surface area contributed by atoms with Crippen molar-refractivity contribution in [2.75, 3.05) is 11.9 Å². The first-order chi connectivity index (χ1) is 19.4. The van der Waals surface area contributed by atoms with Crippen LogP contribution in [0, 0.1) is 5.82 Å². The molecule has 7 rings (SSSR count). The largest absolute Gasteiger partial charge is 0.388 e. The van der Waals surface area contributed by atoms with Crippen LogP contribution in [-0.4, -0.2) is 37.7 Å². The lowest BCUT2D eigenvalue weighted by atomic mass is 10.0. The van der Waals surface area contributed by atoms with E-state index in [0.29, 0.717) is 29.1 Å². The highest BCUT2D eigenvalue weighted by Gasteiger charge is 2.31. The molecule has 0 unspecified atom stereocenters. The lowest BCUT2D eigenvalue weighted by Gasteiger charge is -2.24. The molecular weight excluding hydrogens is 505 g/mol. The van der Waals surface area contributed by atoms with Crippen LogP contribution in [0.5, 0.6) is 0 Å². The zero-order chi connectivity index (χ0) is 27.4. The van der Waals surface area contributed by atoms with Gasteiger partial charge < -0.3 is 25.7 Å². The number of aliphatic hydroxyl groups is 1. The molecule has 0 radical (unpaired) electrons. The van der Waals surface area contributed by atoms with Gasteiger partial charge in [-0.2, -0.15) is 0 Å². The molecule has 6 aromatic rings. The summed E-state index contributed by atoms with van der Waals surface area (Å²) in [5.74, 6) is -0.201. The second-order valence-corrected chi connectivity index (χ2v) is 10.7. The molecule has 0 atom stereocenters. The number of anilines is 1. The topological polar surface area (TPSA) is 109 Å². The van der Waals surface area contributed by atoms with Gasteiger partial charge in [0.15, 0.2) is 0 Å². The van der Waals surface area contributed by atoms with Gasteiger partial charge in [-0.3, -0.25) is 4.79 Å². The fourth-order valence-electron chi connectivity index (χ4n) is 6.10. The van der Waals surface area contributed by atoms with Crippen LogP contribution in [0.15, 0.2) is 78.9 Å². The summed E-state index contributed by atoms with van der Waals surface area (Å²) >= 11 is 0. The Bertz CT molecular complexity index is 1930. The number of para-hydroxylation sites is 1. The zero-order valence-electron chi connectivity index (χ0n) is 21.7. The fraction of sp³-hybridized carbons (Fsp3) is 0.188. The first-order valence-corrected chi connectivity index (χ1v) is 13.5. The molecule has 5 N–H and O–H groups in total. The predicted octanol–water partition coefficient (Wildman–Crippen LogP) is 6.28. The Hall–Kier alpha value is -4.69. The van der Waals surface area contributed by atoms with E-state index < -0.39 is 11.5 Å². The summed E-state index contributed by atoms with van der Waals surface area (Å²) in [5, 5.41) is 16.3. The Labute approximate surface area is 229 Å². The highest BCUT2D eigenvalue weighted by atomic mass is 19.1. The summed E-state index contributed by atoms with van der Waals surface area (Å²) in [7, 11) is 0. The van der Waals surface area contributed by atoms with Crippen molar-refractivity contribution >= 4 is 44.4 Å². The number of hydrogen-bond donors (Lipinski definition) is 4. The van der Waals surface area contributed by atoms with Crippen molar-refractivity contribution in [3.05, 3.63) is 90.2 Å². The molecule has 0 aliphatic heterocycles. The van der Waals surface area contributed by atoms with Crippen molar-refractivity contribution in [2.45, 2.75) is 31.3 Å². The van der Waals surface area contributed by atoms with E-state index in [4.69, 9.17) is 10.7 Å². The second-order valence-electron chi connectivity index (χ2n) is 10.7. The van der Waals surface area contributed by atoms with Crippen LogP contribution in [0.3, 0.4) is 0 Å². The van der Waals surface area contributed by atoms with Gasteiger partial charge >= 0.3 is 0 Å². The average Bonchev–Trinajstić information content (AvgIpc) is 3.67. The monoisotopic (exact) mass is 533 g/mol. The van der Waals surface area contributed by atoms with E-state index in [1.165, 1.54) is 12.1 Å². The van der Waals surface area contributed by atoms with Crippen LogP contribution >= 0.6 is 0 Å². The SMILES string of the molecule is NC(=O)c1ccc(-n2c3ccccc3c3c(-c4nc5cc(F)ccc5[nH]4)cccc32)cc1NCC1(O)CCCC1. The number of aromatic nitrogens is 3. The van der Waals surface area contributed by atoms with Gasteiger partial charge in [0.2, 0.25) is 0 Å². The summed E-state index contributed by atoms with van der Waals surface area (Å²) in [5.41, 5.74) is 10.9. The quantitative estimate of drug-likeness (QED) is 0.202. The standard InChI is InChI=1S/C32H28FN5O2/c33-19-10-13-24-26(16-19)37-31(36-24)23-7-5-9-28-29(23)22-6-1-2-8-27(22)38(28)20-11-12-21(30(34)39)25(17-20)35-18-32(40)14-3-4-15-32/h1-2,5-13,16-17,35,40H,3-4,14-15,18H2,(H2,34,39)(H,36,37). The van der Waals surface area contributed by atoms with E-state index in [9.17, 15) is 14.3 Å². The summed E-state index contributed by atoms with van der Waals surface area (Å²) < 4.78 is 16.0. The van der Waals surface area contributed by atoms with Gasteiger partial charge in [0.05, 0.1) is 33.2 Å². The third-order valence-electron chi connectivity index (χ3n) is 8.07. The number of carbonyl (C=O) groups excluding carboxylic acids is 1. The van der Waals surface area contributed by atoms with Crippen LogP contribution < -0.4 is 11.1 Å². The van der Waals surface area contributed by atoms with Gasteiger partial charge in [0, 0.05) is 40.3 Å². The smallest absolute Gasteiger partial charge is 0.250 e. The highest BCUT2D eigenvalue weighted by molar-refractivity contribution is 6.15. The van der Waals surface area contributed by atoms with Crippen molar-refractivity contribution in [3.8, 4) is 17.1 Å². The molecule has 0 bridgehead atoms. The number of amides is 1. The summed E-state index contributed by atoms with van der Waals surface area (Å²) in [4.78, 5) is 20.4. The normalized spacial score (nSPS) is 14.8. The van der Waals surface area contributed by atoms with E-state index in [1.807, 2.05) is 36.4 Å². The molecular formula is C32H28FN5O2. The molecule has 2 heterocycles. The van der Waals surface area contributed by atoms with Gasteiger partial charge in [-0.1, -0.05) is 43.2 Å². The molecule has 8 heteroatoms. The number of imidazole rings is 1. The number of nitrogens with one attached hydrogen (secondary N) is 2. The van der Waals surface area contributed by atoms with E-state index in [1.54, 1.807) is 12.1 Å². The molecule has 40 heavy (non-hydrogen) atoms. The van der Waals surface area contributed by atoms with E-state index >= 15 is 0 Å². The Morgan fingerprint density at radius 3 is 2.65 bits per heavy atom. The van der Waals surface area contributed by atoms with Gasteiger partial charge in [0.25, 0.3) is 5.91 Å². The number of fused-ring (bicyclic) bond motifs is 4. The number of nitrogens with zero attached hydrogens (tertiary/aromatic N) is 2. The summed E-state index contributed by atoms with van der Waals surface area (Å²) in [6.07, 6.45) is 3.45. The molecule has 200 valence electrons. The van der Waals surface area contributed by atoms with Crippen LogP contribution in [0.2, 0.25) is 0 Å². The number of primary amides is 1. The number of hydrogen-bond acceptors (Lipinski definition) is 4. The minimum atomic E-state index is -0.790. The number of nitrogens with two attached hydrogens (primary N) is 1. The van der Waals surface area contributed by atoms with Crippen molar-refractivity contribution in [1.82, 2.24) is 14.5 Å². The number of halogens is 1. The molecule has 4 aromatic carbocycles. The maximum Gasteiger partial charge on any atom is 0.250 e. The van der Waals surface area contributed by atoms with E-state index in [0.717, 1.165) is 64.3 Å². The maximum absolute atomic E-state index is 13.9. The maximum atomic E-state index is 13.9. The van der Waals surface area contributed by atoms with Crippen LogP contribution in [-0.2, 0) is 0 Å². The molecule has 1 aliphatic rings.